The van der Waals surface area contributed by atoms with Gasteiger partial charge in [0.15, 0.2) is 6.10 Å². The van der Waals surface area contributed by atoms with Crippen LogP contribution in [0, 0.1) is 12.8 Å². The Morgan fingerprint density at radius 1 is 1.33 bits per heavy atom. The van der Waals surface area contributed by atoms with Crippen molar-refractivity contribution in [1.29, 1.82) is 0 Å². The van der Waals surface area contributed by atoms with Crippen LogP contribution in [0.25, 0.3) is 0 Å². The van der Waals surface area contributed by atoms with Crippen molar-refractivity contribution in [3.63, 3.8) is 0 Å². The molecule has 0 aromatic heterocycles. The Kier molecular flexibility index (Phi) is 5.76. The van der Waals surface area contributed by atoms with Crippen LogP contribution in [0.4, 0.5) is 0 Å². The Balaban J connectivity index is 2.09. The first-order chi connectivity index (χ1) is 10.1. The zero-order chi connectivity index (χ0) is 15.2. The fraction of sp³-hybridized carbons (Fsp3) is 0.588. The first-order valence-electron chi connectivity index (χ1n) is 7.63. The van der Waals surface area contributed by atoms with Gasteiger partial charge in [0.1, 0.15) is 0 Å². The zero-order valence-corrected chi connectivity index (χ0v) is 13.1. The van der Waals surface area contributed by atoms with Crippen LogP contribution < -0.4 is 5.32 Å². The third-order valence-electron chi connectivity index (χ3n) is 3.70. The van der Waals surface area contributed by atoms with E-state index in [-0.39, 0.29) is 11.9 Å². The SMILES string of the molecule is Cc1ccccc1[C@H](CC(C)C)NC(=O)[C@H]1COCCO1. The van der Waals surface area contributed by atoms with Crippen molar-refractivity contribution in [3.05, 3.63) is 35.4 Å². The molecule has 4 nitrogen and oxygen atoms in total. The van der Waals surface area contributed by atoms with Gasteiger partial charge in [-0.25, -0.2) is 0 Å². The van der Waals surface area contributed by atoms with Gasteiger partial charge in [-0.2, -0.15) is 0 Å². The van der Waals surface area contributed by atoms with Gasteiger partial charge >= 0.3 is 0 Å². The molecule has 1 saturated heterocycles. The Hall–Kier alpha value is -1.39. The highest BCUT2D eigenvalue weighted by Gasteiger charge is 2.26. The molecule has 2 atom stereocenters. The minimum Gasteiger partial charge on any atom is -0.376 e. The van der Waals surface area contributed by atoms with E-state index in [2.05, 4.69) is 38.2 Å². The molecule has 1 aliphatic rings. The minimum atomic E-state index is -0.488. The van der Waals surface area contributed by atoms with Crippen LogP contribution in [-0.2, 0) is 14.3 Å². The van der Waals surface area contributed by atoms with Crippen molar-refractivity contribution >= 4 is 5.91 Å². The largest absolute Gasteiger partial charge is 0.376 e. The fourth-order valence-electron chi connectivity index (χ4n) is 2.62. The van der Waals surface area contributed by atoms with E-state index >= 15 is 0 Å². The molecule has 4 heteroatoms. The fourth-order valence-corrected chi connectivity index (χ4v) is 2.62. The van der Waals surface area contributed by atoms with Crippen molar-refractivity contribution in [3.8, 4) is 0 Å². The molecular formula is C17H25NO3. The molecular weight excluding hydrogens is 266 g/mol. The Morgan fingerprint density at radius 3 is 2.71 bits per heavy atom. The molecule has 1 aromatic rings. The molecule has 2 rings (SSSR count). The molecule has 1 N–H and O–H groups in total. The van der Waals surface area contributed by atoms with Crippen molar-refractivity contribution in [1.82, 2.24) is 5.32 Å². The average molecular weight is 291 g/mol. The lowest BCUT2D eigenvalue weighted by atomic mass is 9.93. The molecule has 0 aliphatic carbocycles. The molecule has 0 spiro atoms. The van der Waals surface area contributed by atoms with Gasteiger partial charge in [-0.05, 0) is 30.4 Å². The molecule has 0 radical (unpaired) electrons. The maximum atomic E-state index is 12.4. The second kappa shape index (κ2) is 7.57. The first-order valence-corrected chi connectivity index (χ1v) is 7.63. The third-order valence-corrected chi connectivity index (χ3v) is 3.70. The first kappa shape index (κ1) is 16.0. The predicted molar refractivity (Wildman–Crippen MR) is 82.1 cm³/mol. The summed E-state index contributed by atoms with van der Waals surface area (Å²) in [5, 5.41) is 3.13. The summed E-state index contributed by atoms with van der Waals surface area (Å²) >= 11 is 0. The maximum Gasteiger partial charge on any atom is 0.252 e. The van der Waals surface area contributed by atoms with Crippen molar-refractivity contribution in [2.75, 3.05) is 19.8 Å². The molecule has 1 aromatic carbocycles. The van der Waals surface area contributed by atoms with Gasteiger partial charge in [-0.3, -0.25) is 4.79 Å². The number of amides is 1. The van der Waals surface area contributed by atoms with E-state index < -0.39 is 6.10 Å². The highest BCUT2D eigenvalue weighted by Crippen LogP contribution is 2.24. The predicted octanol–water partition coefficient (Wildman–Crippen LogP) is 2.61. The Bertz CT molecular complexity index is 467. The number of benzene rings is 1. The lowest BCUT2D eigenvalue weighted by Crippen LogP contribution is -2.44. The molecule has 0 bridgehead atoms. The van der Waals surface area contributed by atoms with E-state index in [0.29, 0.717) is 25.7 Å². The highest BCUT2D eigenvalue weighted by atomic mass is 16.6. The highest BCUT2D eigenvalue weighted by molar-refractivity contribution is 5.81. The number of aryl methyl sites for hydroxylation is 1. The summed E-state index contributed by atoms with van der Waals surface area (Å²) < 4.78 is 10.8. The summed E-state index contributed by atoms with van der Waals surface area (Å²) in [6.45, 7) is 7.80. The van der Waals surface area contributed by atoms with Gasteiger partial charge in [-0.1, -0.05) is 38.1 Å². The second-order valence-corrected chi connectivity index (χ2v) is 5.98. The van der Waals surface area contributed by atoms with Gasteiger partial charge in [0.25, 0.3) is 5.91 Å². The number of nitrogens with one attached hydrogen (secondary N) is 1. The number of carbonyl (C=O) groups is 1. The summed E-state index contributed by atoms with van der Waals surface area (Å²) in [6, 6.07) is 8.22. The van der Waals surface area contributed by atoms with E-state index in [9.17, 15) is 4.79 Å². The van der Waals surface area contributed by atoms with E-state index in [1.54, 1.807) is 0 Å². The normalized spacial score (nSPS) is 20.3. The van der Waals surface area contributed by atoms with Gasteiger partial charge in [0, 0.05) is 0 Å². The number of carbonyl (C=O) groups excluding carboxylic acids is 1. The lowest BCUT2D eigenvalue weighted by molar-refractivity contribution is -0.148. The average Bonchev–Trinajstić information content (AvgIpc) is 2.47. The zero-order valence-electron chi connectivity index (χ0n) is 13.1. The van der Waals surface area contributed by atoms with E-state index in [1.807, 2.05) is 12.1 Å². The maximum absolute atomic E-state index is 12.4. The van der Waals surface area contributed by atoms with Crippen molar-refractivity contribution < 1.29 is 14.3 Å². The quantitative estimate of drug-likeness (QED) is 0.907. The standard InChI is InChI=1S/C17H25NO3/c1-12(2)10-15(14-7-5-4-6-13(14)3)18-17(19)16-11-20-8-9-21-16/h4-7,12,15-16H,8-11H2,1-3H3,(H,18,19)/t15-,16+/m0/s1. The van der Waals surface area contributed by atoms with Gasteiger partial charge in [0.2, 0.25) is 0 Å². The summed E-state index contributed by atoms with van der Waals surface area (Å²) in [4.78, 5) is 12.4. The molecule has 1 amide bonds. The summed E-state index contributed by atoms with van der Waals surface area (Å²) in [7, 11) is 0. The van der Waals surface area contributed by atoms with Crippen LogP contribution >= 0.6 is 0 Å². The number of ether oxygens (including phenoxy) is 2. The monoisotopic (exact) mass is 291 g/mol. The van der Waals surface area contributed by atoms with Crippen LogP contribution in [0.3, 0.4) is 0 Å². The molecule has 1 aliphatic heterocycles. The van der Waals surface area contributed by atoms with E-state index in [4.69, 9.17) is 9.47 Å². The second-order valence-electron chi connectivity index (χ2n) is 5.98. The van der Waals surface area contributed by atoms with Crippen molar-refractivity contribution in [2.45, 2.75) is 39.3 Å². The van der Waals surface area contributed by atoms with Crippen LogP contribution in [0.2, 0.25) is 0 Å². The van der Waals surface area contributed by atoms with Crippen LogP contribution in [0.5, 0.6) is 0 Å². The van der Waals surface area contributed by atoms with E-state index in [0.717, 1.165) is 6.42 Å². The lowest BCUT2D eigenvalue weighted by Gasteiger charge is -2.27. The Morgan fingerprint density at radius 2 is 2.10 bits per heavy atom. The van der Waals surface area contributed by atoms with Gasteiger partial charge in [0.05, 0.1) is 25.9 Å². The van der Waals surface area contributed by atoms with E-state index in [1.165, 1.54) is 11.1 Å². The molecule has 116 valence electrons. The summed E-state index contributed by atoms with van der Waals surface area (Å²) in [5.41, 5.74) is 2.38. The number of rotatable bonds is 5. The minimum absolute atomic E-state index is 0.0178. The number of hydrogen-bond donors (Lipinski definition) is 1. The van der Waals surface area contributed by atoms with Crippen LogP contribution in [0.15, 0.2) is 24.3 Å². The topological polar surface area (TPSA) is 47.6 Å². The number of hydrogen-bond acceptors (Lipinski definition) is 3. The summed E-state index contributed by atoms with van der Waals surface area (Å²) in [5.74, 6) is 0.419. The van der Waals surface area contributed by atoms with Crippen molar-refractivity contribution in [2.24, 2.45) is 5.92 Å². The summed E-state index contributed by atoms with van der Waals surface area (Å²) in [6.07, 6.45) is 0.418. The van der Waals surface area contributed by atoms with Crippen LogP contribution in [0.1, 0.15) is 37.4 Å². The molecule has 0 unspecified atom stereocenters. The smallest absolute Gasteiger partial charge is 0.252 e. The molecule has 1 heterocycles. The van der Waals surface area contributed by atoms with Crippen LogP contribution in [-0.4, -0.2) is 31.8 Å². The molecule has 1 fully saturated rings. The molecule has 21 heavy (non-hydrogen) atoms. The van der Waals surface area contributed by atoms with Gasteiger partial charge in [-0.15, -0.1) is 0 Å². The third kappa shape index (κ3) is 4.55. The Labute approximate surface area is 126 Å². The molecule has 0 saturated carbocycles. The van der Waals surface area contributed by atoms with Gasteiger partial charge < -0.3 is 14.8 Å².